The van der Waals surface area contributed by atoms with E-state index in [-0.39, 0.29) is 29.8 Å². The van der Waals surface area contributed by atoms with Crippen LogP contribution < -0.4 is 10.6 Å². The van der Waals surface area contributed by atoms with Crippen LogP contribution in [0.25, 0.3) is 0 Å². The molecule has 12 heteroatoms. The smallest absolute Gasteiger partial charge is 0.322 e. The molecule has 6 rings (SSSR count). The van der Waals surface area contributed by atoms with Crippen molar-refractivity contribution in [2.75, 3.05) is 44.6 Å². The molecule has 46 heavy (non-hydrogen) atoms. The Morgan fingerprint density at radius 1 is 0.870 bits per heavy atom. The molecule has 4 aliphatic heterocycles. The summed E-state index contributed by atoms with van der Waals surface area (Å²) in [6.07, 6.45) is 8.65. The van der Waals surface area contributed by atoms with Crippen LogP contribution in [-0.2, 0) is 17.8 Å². The van der Waals surface area contributed by atoms with E-state index in [9.17, 15) is 19.5 Å². The van der Waals surface area contributed by atoms with Crippen molar-refractivity contribution in [3.8, 4) is 5.75 Å². The Labute approximate surface area is 288 Å². The molecule has 4 heterocycles. The first-order valence-electron chi connectivity index (χ1n) is 16.7. The quantitative estimate of drug-likeness (QED) is 0.339. The second-order valence-electron chi connectivity index (χ2n) is 13.1. The Kier molecular flexibility index (Phi) is 10.7. The number of phenolic OH excluding ortho intramolecular Hbond substituents is 1. The number of likely N-dealkylation sites (tertiary alicyclic amines) is 3. The summed E-state index contributed by atoms with van der Waals surface area (Å²) in [7, 11) is 0. The van der Waals surface area contributed by atoms with Crippen LogP contribution in [0.5, 0.6) is 5.75 Å². The van der Waals surface area contributed by atoms with Gasteiger partial charge in [0.2, 0.25) is 5.91 Å². The summed E-state index contributed by atoms with van der Waals surface area (Å²) in [5.74, 6) is 0.0292. The number of aromatic hydroxyl groups is 1. The van der Waals surface area contributed by atoms with E-state index in [0.717, 1.165) is 42.7 Å². The summed E-state index contributed by atoms with van der Waals surface area (Å²) in [4.78, 5) is 48.8. The molecule has 3 saturated heterocycles. The molecular formula is C34H44Br2N6O4. The lowest BCUT2D eigenvalue weighted by atomic mass is 9.99. The van der Waals surface area contributed by atoms with Crippen LogP contribution in [0.2, 0.25) is 0 Å². The molecule has 248 valence electrons. The number of halogens is 2. The van der Waals surface area contributed by atoms with Gasteiger partial charge in [0.1, 0.15) is 11.8 Å². The number of carbonyl (C=O) groups excluding carboxylic acids is 3. The highest BCUT2D eigenvalue weighted by atomic mass is 79.9. The largest absolute Gasteiger partial charge is 0.506 e. The molecule has 0 aromatic heterocycles. The third-order valence-electron chi connectivity index (χ3n) is 10.1. The molecule has 0 aliphatic carbocycles. The highest BCUT2D eigenvalue weighted by Gasteiger charge is 2.35. The van der Waals surface area contributed by atoms with Crippen molar-refractivity contribution in [2.45, 2.75) is 82.5 Å². The SMILES string of the molecule is O=C(N[C@H](Cc1cc(Br)c(O)c(Br)c1)C(=O)N1CCC(N2CCCCCC2)CC1)N1CCC(N2Cc3ccccc3NC2=O)CC1. The Balaban J connectivity index is 1.09. The highest BCUT2D eigenvalue weighted by molar-refractivity contribution is 9.11. The summed E-state index contributed by atoms with van der Waals surface area (Å²) in [6, 6.07) is 10.9. The normalized spacial score (nSPS) is 20.9. The zero-order chi connectivity index (χ0) is 32.2. The lowest BCUT2D eigenvalue weighted by Crippen LogP contribution is -2.57. The third kappa shape index (κ3) is 7.65. The first kappa shape index (κ1) is 33.1. The molecule has 3 N–H and O–H groups in total. The standard InChI is InChI=1S/C34H44Br2N6O4/c35-27-19-23(20-28(36)31(27)43)21-30(32(44)40-15-9-25(10-16-40)39-13-5-1-2-6-14-39)38-33(45)41-17-11-26(12-18-41)42-22-24-7-3-4-8-29(24)37-34(42)46/h3-4,7-8,19-20,25-26,30,43H,1-2,5-6,9-18,21-22H2,(H,37,46)(H,38,45)/t30-/m1/s1. The van der Waals surface area contributed by atoms with Gasteiger partial charge in [-0.25, -0.2) is 9.59 Å². The number of carbonyl (C=O) groups is 3. The fourth-order valence-electron chi connectivity index (χ4n) is 7.44. The van der Waals surface area contributed by atoms with Crippen LogP contribution in [0.1, 0.15) is 62.5 Å². The van der Waals surface area contributed by atoms with Crippen LogP contribution in [0.4, 0.5) is 15.3 Å². The lowest BCUT2D eigenvalue weighted by Gasteiger charge is -2.41. The van der Waals surface area contributed by atoms with Crippen molar-refractivity contribution in [1.82, 2.24) is 24.9 Å². The fraction of sp³-hybridized carbons (Fsp3) is 0.559. The average Bonchev–Trinajstić information content (AvgIpc) is 3.36. The third-order valence-corrected chi connectivity index (χ3v) is 11.3. The minimum Gasteiger partial charge on any atom is -0.506 e. The molecular weight excluding hydrogens is 716 g/mol. The van der Waals surface area contributed by atoms with E-state index in [1.165, 1.54) is 25.7 Å². The number of benzene rings is 2. The maximum atomic E-state index is 14.0. The number of phenols is 1. The van der Waals surface area contributed by atoms with Gasteiger partial charge in [-0.2, -0.15) is 0 Å². The molecule has 3 fully saturated rings. The molecule has 1 atom stereocenters. The highest BCUT2D eigenvalue weighted by Crippen LogP contribution is 2.34. The van der Waals surface area contributed by atoms with Gasteiger partial charge in [0.25, 0.3) is 0 Å². The van der Waals surface area contributed by atoms with Crippen LogP contribution >= 0.6 is 31.9 Å². The first-order valence-corrected chi connectivity index (χ1v) is 18.3. The van der Waals surface area contributed by atoms with Gasteiger partial charge >= 0.3 is 12.1 Å². The molecule has 0 spiro atoms. The number of nitrogens with one attached hydrogen (secondary N) is 2. The number of para-hydroxylation sites is 1. The minimum atomic E-state index is -0.743. The minimum absolute atomic E-state index is 0.0343. The lowest BCUT2D eigenvalue weighted by molar-refractivity contribution is -0.134. The van der Waals surface area contributed by atoms with Crippen LogP contribution in [0.3, 0.4) is 0 Å². The molecule has 10 nitrogen and oxygen atoms in total. The topological polar surface area (TPSA) is 108 Å². The van der Waals surface area contributed by atoms with Crippen molar-refractivity contribution in [3.05, 3.63) is 56.5 Å². The predicted octanol–water partition coefficient (Wildman–Crippen LogP) is 5.92. The fourth-order valence-corrected chi connectivity index (χ4v) is 8.72. The molecule has 0 radical (unpaired) electrons. The van der Waals surface area contributed by atoms with Gasteiger partial charge in [-0.3, -0.25) is 4.79 Å². The average molecular weight is 761 g/mol. The molecule has 5 amide bonds. The van der Waals surface area contributed by atoms with Crippen molar-refractivity contribution in [1.29, 1.82) is 0 Å². The second-order valence-corrected chi connectivity index (χ2v) is 14.8. The summed E-state index contributed by atoms with van der Waals surface area (Å²) >= 11 is 6.81. The summed E-state index contributed by atoms with van der Waals surface area (Å²) in [5.41, 5.74) is 2.77. The Morgan fingerprint density at radius 2 is 1.48 bits per heavy atom. The summed E-state index contributed by atoms with van der Waals surface area (Å²) in [6.45, 7) is 5.22. The molecule has 2 aromatic carbocycles. The maximum absolute atomic E-state index is 14.0. The van der Waals surface area contributed by atoms with E-state index < -0.39 is 6.04 Å². The number of rotatable bonds is 6. The summed E-state index contributed by atoms with van der Waals surface area (Å²) < 4.78 is 1.05. The van der Waals surface area contributed by atoms with Gasteiger partial charge < -0.3 is 35.3 Å². The van der Waals surface area contributed by atoms with E-state index in [0.29, 0.717) is 67.0 Å². The zero-order valence-electron chi connectivity index (χ0n) is 26.2. The van der Waals surface area contributed by atoms with Crippen molar-refractivity contribution < 1.29 is 19.5 Å². The van der Waals surface area contributed by atoms with Crippen LogP contribution in [0.15, 0.2) is 45.3 Å². The van der Waals surface area contributed by atoms with Crippen molar-refractivity contribution >= 4 is 55.5 Å². The van der Waals surface area contributed by atoms with Crippen LogP contribution in [-0.4, -0.2) is 100 Å². The number of urea groups is 2. The number of hydrogen-bond acceptors (Lipinski definition) is 5. The van der Waals surface area contributed by atoms with E-state index in [1.807, 2.05) is 34.1 Å². The van der Waals surface area contributed by atoms with Gasteiger partial charge in [-0.05, 0) is 113 Å². The van der Waals surface area contributed by atoms with E-state index in [4.69, 9.17) is 0 Å². The molecule has 0 unspecified atom stereocenters. The maximum Gasteiger partial charge on any atom is 0.322 e. The van der Waals surface area contributed by atoms with Gasteiger partial charge in [0, 0.05) is 56.9 Å². The number of nitrogens with zero attached hydrogens (tertiary/aromatic N) is 4. The number of fused-ring (bicyclic) bond motifs is 1. The van der Waals surface area contributed by atoms with Crippen molar-refractivity contribution in [3.63, 3.8) is 0 Å². The Morgan fingerprint density at radius 3 is 2.15 bits per heavy atom. The van der Waals surface area contributed by atoms with Gasteiger partial charge in [0.05, 0.1) is 8.95 Å². The number of anilines is 1. The Bertz CT molecular complexity index is 1400. The number of hydrogen-bond donors (Lipinski definition) is 3. The van der Waals surface area contributed by atoms with E-state index in [1.54, 1.807) is 17.0 Å². The molecule has 2 aromatic rings. The van der Waals surface area contributed by atoms with E-state index in [2.05, 4.69) is 47.4 Å². The monoisotopic (exact) mass is 758 g/mol. The van der Waals surface area contributed by atoms with E-state index >= 15 is 0 Å². The molecule has 4 aliphatic rings. The van der Waals surface area contributed by atoms with Gasteiger partial charge in [-0.15, -0.1) is 0 Å². The van der Waals surface area contributed by atoms with Gasteiger partial charge in [0.15, 0.2) is 0 Å². The molecule has 0 saturated carbocycles. The van der Waals surface area contributed by atoms with Gasteiger partial charge in [-0.1, -0.05) is 31.0 Å². The zero-order valence-corrected chi connectivity index (χ0v) is 29.4. The Hall–Kier alpha value is -2.83. The summed E-state index contributed by atoms with van der Waals surface area (Å²) in [5, 5.41) is 16.3. The van der Waals surface area contributed by atoms with Crippen molar-refractivity contribution in [2.24, 2.45) is 0 Å². The van der Waals surface area contributed by atoms with Crippen LogP contribution in [0, 0.1) is 0 Å². The number of amides is 5. The second kappa shape index (κ2) is 14.9. The first-order chi connectivity index (χ1) is 22.3. The number of piperidine rings is 2. The predicted molar refractivity (Wildman–Crippen MR) is 185 cm³/mol. The molecule has 0 bridgehead atoms.